The summed E-state index contributed by atoms with van der Waals surface area (Å²) >= 11 is 3.48. The van der Waals surface area contributed by atoms with E-state index >= 15 is 0 Å². The van der Waals surface area contributed by atoms with Crippen LogP contribution in [0.15, 0.2) is 27.8 Å². The monoisotopic (exact) mass is 372 g/mol. The lowest BCUT2D eigenvalue weighted by molar-refractivity contribution is 0.486. The molecule has 2 rings (SSSR count). The van der Waals surface area contributed by atoms with Crippen LogP contribution in [0, 0.1) is 12.8 Å². The van der Waals surface area contributed by atoms with Crippen molar-refractivity contribution in [2.45, 2.75) is 32.5 Å². The van der Waals surface area contributed by atoms with Crippen LogP contribution in [0.2, 0.25) is 0 Å². The highest BCUT2D eigenvalue weighted by Gasteiger charge is 2.23. The Bertz CT molecular complexity index is 768. The van der Waals surface area contributed by atoms with E-state index in [1.807, 2.05) is 39.0 Å². The van der Waals surface area contributed by atoms with Crippen LogP contribution in [0.4, 0.5) is 0 Å². The molecule has 0 bridgehead atoms. The number of nitrogens with zero attached hydrogens (tertiary/aromatic N) is 3. The van der Waals surface area contributed by atoms with Gasteiger partial charge in [0.1, 0.15) is 0 Å². The smallest absolute Gasteiger partial charge is 0.273 e. The third-order valence-electron chi connectivity index (χ3n) is 2.88. The third-order valence-corrected chi connectivity index (χ3v) is 4.35. The van der Waals surface area contributed by atoms with Crippen molar-refractivity contribution < 1.29 is 8.42 Å². The summed E-state index contributed by atoms with van der Waals surface area (Å²) in [7, 11) is -3.91. The molecule has 0 saturated carbocycles. The van der Waals surface area contributed by atoms with Gasteiger partial charge >= 0.3 is 0 Å². The second-order valence-corrected chi connectivity index (χ2v) is 7.65. The van der Waals surface area contributed by atoms with Crippen LogP contribution in [0.1, 0.15) is 19.4 Å². The standard InChI is InChI=1S/C13H17BrN4O2S/c1-8(2)7-18-12(16-17-13(18)21(15,19)20)10-5-4-9(3)6-11(10)14/h4-6,8H,7H2,1-3H3,(H2,15,19,20). The van der Waals surface area contributed by atoms with Crippen molar-refractivity contribution in [3.8, 4) is 11.4 Å². The Morgan fingerprint density at radius 3 is 2.52 bits per heavy atom. The fourth-order valence-corrected chi connectivity index (χ4v) is 3.32. The maximum Gasteiger partial charge on any atom is 0.273 e. The molecule has 0 radical (unpaired) electrons. The van der Waals surface area contributed by atoms with E-state index < -0.39 is 10.0 Å². The molecule has 21 heavy (non-hydrogen) atoms. The minimum absolute atomic E-state index is 0.210. The molecule has 6 nitrogen and oxygen atoms in total. The van der Waals surface area contributed by atoms with Crippen LogP contribution in [0.3, 0.4) is 0 Å². The quantitative estimate of drug-likeness (QED) is 0.891. The molecule has 1 aromatic heterocycles. The van der Waals surface area contributed by atoms with Gasteiger partial charge in [-0.1, -0.05) is 35.8 Å². The average molecular weight is 373 g/mol. The van der Waals surface area contributed by atoms with Gasteiger partial charge in [-0.05, 0) is 30.5 Å². The summed E-state index contributed by atoms with van der Waals surface area (Å²) in [6, 6.07) is 5.76. The number of aryl methyl sites for hydroxylation is 1. The molecule has 114 valence electrons. The van der Waals surface area contributed by atoms with E-state index in [0.29, 0.717) is 12.4 Å². The molecule has 1 heterocycles. The lowest BCUT2D eigenvalue weighted by Gasteiger charge is -2.12. The van der Waals surface area contributed by atoms with Gasteiger partial charge in [-0.2, -0.15) is 0 Å². The van der Waals surface area contributed by atoms with Crippen LogP contribution in [-0.4, -0.2) is 23.2 Å². The van der Waals surface area contributed by atoms with E-state index in [-0.39, 0.29) is 11.1 Å². The number of rotatable bonds is 4. The second kappa shape index (κ2) is 5.86. The van der Waals surface area contributed by atoms with E-state index in [1.54, 1.807) is 4.57 Å². The van der Waals surface area contributed by atoms with Gasteiger partial charge < -0.3 is 0 Å². The van der Waals surface area contributed by atoms with Crippen molar-refractivity contribution in [3.05, 3.63) is 28.2 Å². The van der Waals surface area contributed by atoms with Crippen LogP contribution in [0.5, 0.6) is 0 Å². The minimum Gasteiger partial charge on any atom is -0.296 e. The van der Waals surface area contributed by atoms with Gasteiger partial charge in [0.25, 0.3) is 15.2 Å². The maximum absolute atomic E-state index is 11.7. The topological polar surface area (TPSA) is 90.9 Å². The number of primary sulfonamides is 1. The lowest BCUT2D eigenvalue weighted by atomic mass is 10.1. The molecule has 0 fully saturated rings. The largest absolute Gasteiger partial charge is 0.296 e. The molecule has 1 aromatic carbocycles. The highest BCUT2D eigenvalue weighted by atomic mass is 79.9. The number of hydrogen-bond donors (Lipinski definition) is 1. The van der Waals surface area contributed by atoms with Crippen molar-refractivity contribution in [3.63, 3.8) is 0 Å². The molecular formula is C13H17BrN4O2S. The van der Waals surface area contributed by atoms with Gasteiger partial charge in [0.2, 0.25) is 0 Å². The Hall–Kier alpha value is -1.25. The highest BCUT2D eigenvalue weighted by molar-refractivity contribution is 9.10. The first-order valence-corrected chi connectivity index (χ1v) is 8.76. The fourth-order valence-electron chi connectivity index (χ4n) is 2.03. The number of hydrogen-bond acceptors (Lipinski definition) is 4. The molecule has 2 aromatic rings. The van der Waals surface area contributed by atoms with Gasteiger partial charge in [-0.15, -0.1) is 10.2 Å². The first kappa shape index (κ1) is 16.1. The zero-order valence-electron chi connectivity index (χ0n) is 12.0. The Kier molecular flexibility index (Phi) is 4.50. The van der Waals surface area contributed by atoms with E-state index in [9.17, 15) is 8.42 Å². The second-order valence-electron chi connectivity index (χ2n) is 5.34. The molecule has 0 saturated heterocycles. The normalized spacial score (nSPS) is 12.1. The number of sulfonamides is 1. The number of benzene rings is 1. The molecule has 0 unspecified atom stereocenters. The fraction of sp³-hybridized carbons (Fsp3) is 0.385. The minimum atomic E-state index is -3.91. The predicted octanol–water partition coefficient (Wildman–Crippen LogP) is 2.32. The summed E-state index contributed by atoms with van der Waals surface area (Å²) in [4.78, 5) is 0. The molecule has 0 atom stereocenters. The van der Waals surface area contributed by atoms with Crippen LogP contribution in [0.25, 0.3) is 11.4 Å². The molecule has 2 N–H and O–H groups in total. The zero-order valence-corrected chi connectivity index (χ0v) is 14.4. The summed E-state index contributed by atoms with van der Waals surface area (Å²) in [5, 5.41) is 12.8. The first-order chi connectivity index (χ1) is 9.70. The summed E-state index contributed by atoms with van der Waals surface area (Å²) in [5.41, 5.74) is 1.87. The van der Waals surface area contributed by atoms with Gasteiger partial charge in [-0.3, -0.25) is 4.57 Å². The van der Waals surface area contributed by atoms with Gasteiger partial charge in [0.15, 0.2) is 5.82 Å². The van der Waals surface area contributed by atoms with E-state index in [2.05, 4.69) is 26.1 Å². The summed E-state index contributed by atoms with van der Waals surface area (Å²) < 4.78 is 25.7. The van der Waals surface area contributed by atoms with Gasteiger partial charge in [-0.25, -0.2) is 13.6 Å². The predicted molar refractivity (Wildman–Crippen MR) is 84.1 cm³/mol. The molecule has 0 aliphatic carbocycles. The van der Waals surface area contributed by atoms with Crippen LogP contribution < -0.4 is 5.14 Å². The van der Waals surface area contributed by atoms with Crippen molar-refractivity contribution in [2.75, 3.05) is 0 Å². The zero-order chi connectivity index (χ0) is 15.8. The number of nitrogens with two attached hydrogens (primary N) is 1. The molecule has 0 aliphatic rings. The van der Waals surface area contributed by atoms with Crippen molar-refractivity contribution in [1.82, 2.24) is 14.8 Å². The van der Waals surface area contributed by atoms with Gasteiger partial charge in [0.05, 0.1) is 0 Å². The van der Waals surface area contributed by atoms with Crippen LogP contribution >= 0.6 is 15.9 Å². The Labute approximate surface area is 132 Å². The van der Waals surface area contributed by atoms with Crippen molar-refractivity contribution in [2.24, 2.45) is 11.1 Å². The van der Waals surface area contributed by atoms with E-state index in [4.69, 9.17) is 5.14 Å². The Morgan fingerprint density at radius 1 is 1.33 bits per heavy atom. The SMILES string of the molecule is Cc1ccc(-c2nnc(S(N)(=O)=O)n2CC(C)C)c(Br)c1. The van der Waals surface area contributed by atoms with E-state index in [0.717, 1.165) is 15.6 Å². The summed E-state index contributed by atoms with van der Waals surface area (Å²) in [5.74, 6) is 0.712. The average Bonchev–Trinajstić information content (AvgIpc) is 2.71. The maximum atomic E-state index is 11.7. The first-order valence-electron chi connectivity index (χ1n) is 6.42. The number of aromatic nitrogens is 3. The Morgan fingerprint density at radius 2 is 2.00 bits per heavy atom. The van der Waals surface area contributed by atoms with Crippen LogP contribution in [-0.2, 0) is 16.6 Å². The summed E-state index contributed by atoms with van der Waals surface area (Å²) in [6.07, 6.45) is 0. The summed E-state index contributed by atoms with van der Waals surface area (Å²) in [6.45, 7) is 6.42. The number of halogens is 1. The van der Waals surface area contributed by atoms with Gasteiger partial charge in [0, 0.05) is 16.6 Å². The highest BCUT2D eigenvalue weighted by Crippen LogP contribution is 2.29. The van der Waals surface area contributed by atoms with Crippen molar-refractivity contribution >= 4 is 26.0 Å². The van der Waals surface area contributed by atoms with E-state index in [1.165, 1.54) is 0 Å². The lowest BCUT2D eigenvalue weighted by Crippen LogP contribution is -2.20. The van der Waals surface area contributed by atoms with Crippen molar-refractivity contribution in [1.29, 1.82) is 0 Å². The molecule has 0 aliphatic heterocycles. The Balaban J connectivity index is 2.66. The molecule has 0 amide bonds. The third kappa shape index (κ3) is 3.50. The molecular weight excluding hydrogens is 356 g/mol. The molecule has 0 spiro atoms. The molecule has 8 heteroatoms.